The van der Waals surface area contributed by atoms with Crippen LogP contribution in [-0.4, -0.2) is 57.1 Å². The van der Waals surface area contributed by atoms with E-state index >= 15 is 0 Å². The number of carbonyl (C=O) groups excluding carboxylic acids is 2. The Kier molecular flexibility index (Phi) is 9.56. The van der Waals surface area contributed by atoms with Gasteiger partial charge in [0.05, 0.1) is 22.5 Å². The summed E-state index contributed by atoms with van der Waals surface area (Å²) >= 11 is 6.04. The number of nitrogens with zero attached hydrogens (tertiary/aromatic N) is 2. The van der Waals surface area contributed by atoms with Crippen molar-refractivity contribution in [3.63, 3.8) is 0 Å². The van der Waals surface area contributed by atoms with Crippen LogP contribution in [0.2, 0.25) is 5.02 Å². The molecule has 1 N–H and O–H groups in total. The maximum atomic E-state index is 13.3. The average molecular weight is 534 g/mol. The fourth-order valence-electron chi connectivity index (χ4n) is 3.37. The van der Waals surface area contributed by atoms with Gasteiger partial charge in [0.1, 0.15) is 12.6 Å². The Morgan fingerprint density at radius 2 is 1.74 bits per heavy atom. The number of hydrogen-bond acceptors (Lipinski definition) is 4. The van der Waals surface area contributed by atoms with Gasteiger partial charge in [0.15, 0.2) is 0 Å². The minimum absolute atomic E-state index is 0.0784. The summed E-state index contributed by atoms with van der Waals surface area (Å²) < 4.78 is 65.3. The molecule has 35 heavy (non-hydrogen) atoms. The number of amides is 2. The summed E-state index contributed by atoms with van der Waals surface area (Å²) in [6, 6.07) is 10.4. The van der Waals surface area contributed by atoms with Crippen molar-refractivity contribution >= 4 is 39.1 Å². The monoisotopic (exact) mass is 533 g/mol. The maximum absolute atomic E-state index is 13.3. The van der Waals surface area contributed by atoms with Gasteiger partial charge in [0, 0.05) is 13.1 Å². The Bertz CT molecular complexity index is 1140. The summed E-state index contributed by atoms with van der Waals surface area (Å²) in [5.74, 6) is -1.21. The molecule has 0 heterocycles. The zero-order valence-corrected chi connectivity index (χ0v) is 21.0. The van der Waals surface area contributed by atoms with Crippen LogP contribution in [0, 0.1) is 0 Å². The van der Waals surface area contributed by atoms with E-state index in [0.29, 0.717) is 23.3 Å². The molecule has 0 spiro atoms. The molecule has 7 nitrogen and oxygen atoms in total. The van der Waals surface area contributed by atoms with Crippen LogP contribution in [0.15, 0.2) is 48.5 Å². The second kappa shape index (κ2) is 11.8. The smallest absolute Gasteiger partial charge is 0.355 e. The highest BCUT2D eigenvalue weighted by Crippen LogP contribution is 2.36. The Balaban J connectivity index is 2.42. The fraction of sp³-hybridized carbons (Fsp3) is 0.391. The first-order valence-electron chi connectivity index (χ1n) is 10.7. The molecule has 0 bridgehead atoms. The number of hydrogen-bond donors (Lipinski definition) is 1. The summed E-state index contributed by atoms with van der Waals surface area (Å²) in [5, 5.41) is 2.34. The summed E-state index contributed by atoms with van der Waals surface area (Å²) in [5.41, 5.74) is -0.713. The number of anilines is 1. The van der Waals surface area contributed by atoms with Crippen molar-refractivity contribution in [3.8, 4) is 0 Å². The first kappa shape index (κ1) is 28.4. The van der Waals surface area contributed by atoms with Crippen LogP contribution in [0.1, 0.15) is 25.0 Å². The van der Waals surface area contributed by atoms with E-state index in [2.05, 4.69) is 5.32 Å². The normalized spacial score (nSPS) is 12.7. The van der Waals surface area contributed by atoms with Gasteiger partial charge < -0.3 is 10.2 Å². The van der Waals surface area contributed by atoms with Crippen molar-refractivity contribution in [3.05, 3.63) is 64.7 Å². The first-order chi connectivity index (χ1) is 16.3. The molecule has 0 radical (unpaired) electrons. The lowest BCUT2D eigenvalue weighted by atomic mass is 10.1. The van der Waals surface area contributed by atoms with Crippen molar-refractivity contribution in [2.75, 3.05) is 30.2 Å². The Labute approximate surface area is 207 Å². The molecule has 0 saturated heterocycles. The SMILES string of the molecule is CCNC(=O)[C@@H](C)N(CCc1ccccc1)C(=O)CN(c1cc(C(F)(F)F)ccc1Cl)S(C)(=O)=O. The van der Waals surface area contributed by atoms with E-state index in [1.165, 1.54) is 11.8 Å². The van der Waals surface area contributed by atoms with E-state index in [1.807, 2.05) is 30.3 Å². The summed E-state index contributed by atoms with van der Waals surface area (Å²) in [7, 11) is -4.22. The van der Waals surface area contributed by atoms with E-state index in [1.54, 1.807) is 6.92 Å². The highest BCUT2D eigenvalue weighted by atomic mass is 35.5. The first-order valence-corrected chi connectivity index (χ1v) is 12.9. The Hall–Kier alpha value is -2.79. The van der Waals surface area contributed by atoms with Gasteiger partial charge in [0.25, 0.3) is 0 Å². The number of carbonyl (C=O) groups is 2. The van der Waals surface area contributed by atoms with Gasteiger partial charge in [-0.15, -0.1) is 0 Å². The van der Waals surface area contributed by atoms with E-state index in [0.717, 1.165) is 24.0 Å². The molecule has 0 saturated carbocycles. The third-order valence-corrected chi connectivity index (χ3v) is 6.67. The van der Waals surface area contributed by atoms with Gasteiger partial charge in [-0.1, -0.05) is 41.9 Å². The van der Waals surface area contributed by atoms with E-state index in [4.69, 9.17) is 11.6 Å². The largest absolute Gasteiger partial charge is 0.416 e. The molecule has 2 aromatic rings. The molecule has 2 rings (SSSR count). The Morgan fingerprint density at radius 3 is 2.29 bits per heavy atom. The molecule has 1 atom stereocenters. The van der Waals surface area contributed by atoms with E-state index in [9.17, 15) is 31.2 Å². The molecular formula is C23H27ClF3N3O4S. The third-order valence-electron chi connectivity index (χ3n) is 5.22. The molecule has 0 aliphatic carbocycles. The summed E-state index contributed by atoms with van der Waals surface area (Å²) in [4.78, 5) is 27.0. The Morgan fingerprint density at radius 1 is 1.11 bits per heavy atom. The van der Waals surface area contributed by atoms with Crippen LogP contribution in [0.3, 0.4) is 0 Å². The third kappa shape index (κ3) is 7.86. The zero-order chi connectivity index (χ0) is 26.4. The molecule has 2 amide bonds. The van der Waals surface area contributed by atoms with Gasteiger partial charge in [-0.05, 0) is 44.0 Å². The van der Waals surface area contributed by atoms with Crippen LogP contribution in [-0.2, 0) is 32.2 Å². The summed E-state index contributed by atoms with van der Waals surface area (Å²) in [6.45, 7) is 2.77. The number of benzene rings is 2. The molecule has 0 aromatic heterocycles. The van der Waals surface area contributed by atoms with Gasteiger partial charge in [0.2, 0.25) is 21.8 Å². The van der Waals surface area contributed by atoms with E-state index < -0.39 is 51.9 Å². The van der Waals surface area contributed by atoms with Crippen molar-refractivity contribution < 1.29 is 31.2 Å². The quantitative estimate of drug-likeness (QED) is 0.504. The highest BCUT2D eigenvalue weighted by molar-refractivity contribution is 7.92. The number of halogens is 4. The molecule has 0 aliphatic heterocycles. The van der Waals surface area contributed by atoms with Crippen molar-refractivity contribution in [2.45, 2.75) is 32.5 Å². The molecule has 2 aromatic carbocycles. The number of sulfonamides is 1. The second-order valence-electron chi connectivity index (χ2n) is 7.83. The topological polar surface area (TPSA) is 86.8 Å². The molecule has 12 heteroatoms. The molecule has 0 fully saturated rings. The lowest BCUT2D eigenvalue weighted by Gasteiger charge is -2.31. The van der Waals surface area contributed by atoms with Gasteiger partial charge in [-0.2, -0.15) is 13.2 Å². The molecule has 192 valence electrons. The van der Waals surface area contributed by atoms with E-state index in [-0.39, 0.29) is 11.6 Å². The van der Waals surface area contributed by atoms with Crippen LogP contribution in [0.25, 0.3) is 0 Å². The zero-order valence-electron chi connectivity index (χ0n) is 19.5. The molecule has 0 aliphatic rings. The van der Waals surface area contributed by atoms with Crippen LogP contribution >= 0.6 is 11.6 Å². The lowest BCUT2D eigenvalue weighted by molar-refractivity contribution is -0.138. The van der Waals surface area contributed by atoms with Crippen LogP contribution < -0.4 is 9.62 Å². The van der Waals surface area contributed by atoms with Crippen LogP contribution in [0.4, 0.5) is 18.9 Å². The van der Waals surface area contributed by atoms with Gasteiger partial charge >= 0.3 is 6.18 Å². The van der Waals surface area contributed by atoms with Crippen molar-refractivity contribution in [2.24, 2.45) is 0 Å². The second-order valence-corrected chi connectivity index (χ2v) is 10.1. The predicted molar refractivity (Wildman–Crippen MR) is 129 cm³/mol. The number of nitrogens with one attached hydrogen (secondary N) is 1. The van der Waals surface area contributed by atoms with Gasteiger partial charge in [-0.25, -0.2) is 8.42 Å². The standard InChI is InChI=1S/C23H27ClF3N3O4S/c1-4-28-22(32)16(2)29(13-12-17-8-6-5-7-9-17)21(31)15-30(35(3,33)34)20-14-18(23(25,26)27)10-11-19(20)24/h5-11,14,16H,4,12-13,15H2,1-3H3,(H,28,32)/t16-/m1/s1. The minimum atomic E-state index is -4.75. The summed E-state index contributed by atoms with van der Waals surface area (Å²) in [6.07, 6.45) is -3.61. The number of likely N-dealkylation sites (N-methyl/N-ethyl adjacent to an activating group) is 1. The van der Waals surface area contributed by atoms with Crippen molar-refractivity contribution in [1.29, 1.82) is 0 Å². The average Bonchev–Trinajstić information content (AvgIpc) is 2.77. The highest BCUT2D eigenvalue weighted by Gasteiger charge is 2.34. The number of alkyl halides is 3. The predicted octanol–water partition coefficient (Wildman–Crippen LogP) is 3.72. The van der Waals surface area contributed by atoms with Crippen molar-refractivity contribution in [1.82, 2.24) is 10.2 Å². The fourth-order valence-corrected chi connectivity index (χ4v) is 4.49. The molecular weight excluding hydrogens is 507 g/mol. The maximum Gasteiger partial charge on any atom is 0.416 e. The van der Waals surface area contributed by atoms with Crippen LogP contribution in [0.5, 0.6) is 0 Å². The minimum Gasteiger partial charge on any atom is -0.355 e. The number of rotatable bonds is 10. The lowest BCUT2D eigenvalue weighted by Crippen LogP contribution is -2.52. The molecule has 0 unspecified atom stereocenters. The van der Waals surface area contributed by atoms with Gasteiger partial charge in [-0.3, -0.25) is 13.9 Å².